The summed E-state index contributed by atoms with van der Waals surface area (Å²) in [5.41, 5.74) is 2.60. The molecule has 0 aliphatic carbocycles. The average molecular weight is 479 g/mol. The van der Waals surface area contributed by atoms with Crippen LogP contribution in [-0.2, 0) is 25.5 Å². The maximum absolute atomic E-state index is 13.2. The van der Waals surface area contributed by atoms with E-state index in [0.29, 0.717) is 36.3 Å². The highest BCUT2D eigenvalue weighted by atomic mass is 32.2. The van der Waals surface area contributed by atoms with Crippen LogP contribution in [0.25, 0.3) is 0 Å². The Hall–Kier alpha value is -3.46. The van der Waals surface area contributed by atoms with E-state index >= 15 is 0 Å². The van der Waals surface area contributed by atoms with Gasteiger partial charge >= 0.3 is 5.97 Å². The van der Waals surface area contributed by atoms with Crippen molar-refractivity contribution in [2.45, 2.75) is 32.2 Å². The van der Waals surface area contributed by atoms with E-state index in [0.717, 1.165) is 29.3 Å². The number of benzene rings is 2. The van der Waals surface area contributed by atoms with Crippen LogP contribution < -0.4 is 5.32 Å². The lowest BCUT2D eigenvalue weighted by molar-refractivity contribution is -0.139. The van der Waals surface area contributed by atoms with Crippen LogP contribution in [-0.4, -0.2) is 58.6 Å². The summed E-state index contributed by atoms with van der Waals surface area (Å²) in [6, 6.07) is 16.7. The van der Waals surface area contributed by atoms with Crippen molar-refractivity contribution in [1.29, 1.82) is 0 Å². The number of hydrogen-bond acceptors (Lipinski definition) is 7. The highest BCUT2D eigenvalue weighted by Gasteiger charge is 2.41. The third kappa shape index (κ3) is 5.53. The molecule has 0 bridgehead atoms. The Labute approximate surface area is 202 Å². The van der Waals surface area contributed by atoms with Gasteiger partial charge in [0.15, 0.2) is 5.17 Å². The van der Waals surface area contributed by atoms with Crippen LogP contribution in [0.2, 0.25) is 0 Å². The van der Waals surface area contributed by atoms with Crippen LogP contribution in [0.15, 0.2) is 64.6 Å². The molecule has 2 amide bonds. The molecule has 8 nitrogen and oxygen atoms in total. The second-order valence-electron chi connectivity index (χ2n) is 7.77. The first-order valence-electron chi connectivity index (χ1n) is 11.3. The molecule has 4 rings (SSSR count). The zero-order chi connectivity index (χ0) is 23.9. The van der Waals surface area contributed by atoms with E-state index in [9.17, 15) is 14.4 Å². The second-order valence-corrected chi connectivity index (χ2v) is 8.71. The first-order chi connectivity index (χ1) is 16.6. The fraction of sp³-hybridized carbons (Fsp3) is 0.320. The van der Waals surface area contributed by atoms with Crippen LogP contribution >= 0.6 is 11.8 Å². The predicted molar refractivity (Wildman–Crippen MR) is 132 cm³/mol. The topological polar surface area (TPSA) is 100 Å². The summed E-state index contributed by atoms with van der Waals surface area (Å²) >= 11 is 1.15. The van der Waals surface area contributed by atoms with Gasteiger partial charge in [0, 0.05) is 18.5 Å². The number of fused-ring (bicyclic) bond motifs is 3. The summed E-state index contributed by atoms with van der Waals surface area (Å²) in [6.45, 7) is 2.57. The minimum absolute atomic E-state index is 0.0421. The fourth-order valence-electron chi connectivity index (χ4n) is 3.76. The van der Waals surface area contributed by atoms with E-state index in [1.165, 1.54) is 4.90 Å². The smallest absolute Gasteiger partial charge is 0.316 e. The first-order valence-corrected chi connectivity index (χ1v) is 12.2. The second kappa shape index (κ2) is 11.1. The van der Waals surface area contributed by atoms with Crippen molar-refractivity contribution in [2.24, 2.45) is 9.98 Å². The third-order valence-corrected chi connectivity index (χ3v) is 6.31. The van der Waals surface area contributed by atoms with Gasteiger partial charge in [-0.05, 0) is 37.5 Å². The molecular weight excluding hydrogens is 452 g/mol. The number of amidine groups is 2. The van der Waals surface area contributed by atoms with Gasteiger partial charge in [-0.15, -0.1) is 0 Å². The summed E-state index contributed by atoms with van der Waals surface area (Å²) < 4.78 is 4.99. The van der Waals surface area contributed by atoms with Gasteiger partial charge in [-0.1, -0.05) is 54.2 Å². The molecule has 2 aliphatic heterocycles. The summed E-state index contributed by atoms with van der Waals surface area (Å²) in [4.78, 5) is 48.1. The summed E-state index contributed by atoms with van der Waals surface area (Å²) in [5.74, 6) is -0.170. The minimum atomic E-state index is -0.672. The Balaban J connectivity index is 1.39. The maximum atomic E-state index is 13.2. The number of carbonyl (C=O) groups excluding carboxylic acids is 3. The molecule has 2 aromatic carbocycles. The van der Waals surface area contributed by atoms with Crippen LogP contribution in [0.5, 0.6) is 0 Å². The molecule has 34 heavy (non-hydrogen) atoms. The quantitative estimate of drug-likeness (QED) is 0.559. The monoisotopic (exact) mass is 478 g/mol. The number of nitrogens with one attached hydrogen (secondary N) is 1. The van der Waals surface area contributed by atoms with Crippen LogP contribution in [0.1, 0.15) is 30.9 Å². The van der Waals surface area contributed by atoms with E-state index in [1.54, 1.807) is 6.92 Å². The molecule has 9 heteroatoms. The van der Waals surface area contributed by atoms with E-state index in [2.05, 4.69) is 15.3 Å². The van der Waals surface area contributed by atoms with Crippen LogP contribution in [0.3, 0.4) is 0 Å². The van der Waals surface area contributed by atoms with Gasteiger partial charge in [0.2, 0.25) is 5.91 Å². The molecule has 1 atom stereocenters. The molecule has 0 radical (unpaired) electrons. The number of nitrogens with zero attached hydrogens (tertiary/aromatic N) is 3. The molecule has 0 saturated carbocycles. The van der Waals surface area contributed by atoms with Crippen molar-refractivity contribution in [3.8, 4) is 0 Å². The standard InChI is InChI=1S/C25H26N4O4S/c1-2-33-22(31)16-34-25-28-19-11-7-6-10-18(19)23-27-20(24(32)29(23)25)12-13-21(30)26-15-14-17-8-4-3-5-9-17/h3-11,20H,2,12-16H2,1H3,(H,26,30)/t20-/m0/s1. The van der Waals surface area contributed by atoms with Gasteiger partial charge in [0.05, 0.1) is 18.0 Å². The summed E-state index contributed by atoms with van der Waals surface area (Å²) in [6.07, 6.45) is 1.24. The fourth-order valence-corrected chi connectivity index (χ4v) is 4.56. The van der Waals surface area contributed by atoms with Crippen molar-refractivity contribution in [3.05, 3.63) is 65.7 Å². The molecule has 0 saturated heterocycles. The minimum Gasteiger partial charge on any atom is -0.465 e. The van der Waals surface area contributed by atoms with E-state index in [4.69, 9.17) is 4.74 Å². The van der Waals surface area contributed by atoms with Gasteiger partial charge < -0.3 is 10.1 Å². The number of para-hydroxylation sites is 1. The molecular formula is C25H26N4O4S. The van der Waals surface area contributed by atoms with Gasteiger partial charge in [-0.2, -0.15) is 0 Å². The maximum Gasteiger partial charge on any atom is 0.316 e. The Bertz CT molecular complexity index is 1130. The number of aliphatic imine (C=N–C) groups is 2. The molecule has 0 spiro atoms. The third-order valence-electron chi connectivity index (χ3n) is 5.40. The zero-order valence-electron chi connectivity index (χ0n) is 18.9. The molecule has 1 N–H and O–H groups in total. The van der Waals surface area contributed by atoms with Crippen molar-refractivity contribution in [2.75, 3.05) is 18.9 Å². The molecule has 2 aliphatic rings. The number of amides is 2. The van der Waals surface area contributed by atoms with Crippen LogP contribution in [0, 0.1) is 0 Å². The highest BCUT2D eigenvalue weighted by Crippen LogP contribution is 2.34. The number of hydrogen-bond donors (Lipinski definition) is 1. The van der Waals surface area contributed by atoms with Crippen molar-refractivity contribution in [3.63, 3.8) is 0 Å². The van der Waals surface area contributed by atoms with E-state index in [1.807, 2.05) is 54.6 Å². The molecule has 0 unspecified atom stereocenters. The van der Waals surface area contributed by atoms with Crippen LogP contribution in [0.4, 0.5) is 5.69 Å². The lowest BCUT2D eigenvalue weighted by Crippen LogP contribution is -2.41. The van der Waals surface area contributed by atoms with Crippen molar-refractivity contribution >= 4 is 46.2 Å². The molecule has 176 valence electrons. The Morgan fingerprint density at radius 1 is 1.12 bits per heavy atom. The van der Waals surface area contributed by atoms with E-state index < -0.39 is 6.04 Å². The van der Waals surface area contributed by atoms with Gasteiger partial charge in [0.1, 0.15) is 11.9 Å². The highest BCUT2D eigenvalue weighted by molar-refractivity contribution is 8.14. The lowest BCUT2D eigenvalue weighted by Gasteiger charge is -2.25. The number of rotatable bonds is 9. The van der Waals surface area contributed by atoms with Crippen molar-refractivity contribution < 1.29 is 19.1 Å². The number of carbonyl (C=O) groups is 3. The molecule has 2 heterocycles. The van der Waals surface area contributed by atoms with Crippen molar-refractivity contribution in [1.82, 2.24) is 10.2 Å². The summed E-state index contributed by atoms with van der Waals surface area (Å²) in [7, 11) is 0. The number of ether oxygens (including phenoxy) is 1. The number of thioether (sulfide) groups is 1. The predicted octanol–water partition coefficient (Wildman–Crippen LogP) is 3.08. The SMILES string of the molecule is CCOC(=O)CSC1=Nc2ccccc2C2=N[C@@H](CCC(=O)NCCc3ccccc3)C(=O)N12. The lowest BCUT2D eigenvalue weighted by atomic mass is 10.1. The Kier molecular flexibility index (Phi) is 7.74. The average Bonchev–Trinajstić information content (AvgIpc) is 3.19. The summed E-state index contributed by atoms with van der Waals surface area (Å²) in [5, 5.41) is 3.30. The first kappa shape index (κ1) is 23.7. The normalized spacial score (nSPS) is 16.3. The zero-order valence-corrected chi connectivity index (χ0v) is 19.7. The molecule has 0 aromatic heterocycles. The van der Waals surface area contributed by atoms with Gasteiger partial charge in [-0.3, -0.25) is 19.4 Å². The largest absolute Gasteiger partial charge is 0.465 e. The van der Waals surface area contributed by atoms with Gasteiger partial charge in [-0.25, -0.2) is 9.89 Å². The molecule has 0 fully saturated rings. The Morgan fingerprint density at radius 3 is 2.68 bits per heavy atom. The van der Waals surface area contributed by atoms with Gasteiger partial charge in [0.25, 0.3) is 5.91 Å². The Morgan fingerprint density at radius 2 is 1.88 bits per heavy atom. The molecule has 2 aromatic rings. The number of esters is 1. The van der Waals surface area contributed by atoms with E-state index in [-0.39, 0.29) is 30.0 Å².